The van der Waals surface area contributed by atoms with Crippen LogP contribution < -0.4 is 9.47 Å². The Hall–Kier alpha value is -2.30. The Morgan fingerprint density at radius 3 is 2.74 bits per heavy atom. The van der Waals surface area contributed by atoms with Crippen molar-refractivity contribution in [3.63, 3.8) is 0 Å². The molecule has 98 valence electrons. The van der Waals surface area contributed by atoms with Gasteiger partial charge in [0.05, 0.1) is 5.69 Å². The Kier molecular flexibility index (Phi) is 2.95. The minimum atomic E-state index is 0.555. The molecule has 0 spiro atoms. The monoisotopic (exact) mass is 258 g/mol. The van der Waals surface area contributed by atoms with Crippen LogP contribution in [0.4, 0.5) is 0 Å². The zero-order chi connectivity index (χ0) is 13.2. The van der Waals surface area contributed by atoms with Crippen LogP contribution in [0, 0.1) is 0 Å². The maximum absolute atomic E-state index is 11.0. The van der Waals surface area contributed by atoms with Crippen LogP contribution in [0.2, 0.25) is 0 Å². The van der Waals surface area contributed by atoms with Crippen molar-refractivity contribution in [2.75, 3.05) is 13.2 Å². The van der Waals surface area contributed by atoms with Crippen molar-refractivity contribution in [2.45, 2.75) is 13.5 Å². The summed E-state index contributed by atoms with van der Waals surface area (Å²) < 4.78 is 12.7. The fraction of sp³-hybridized carbons (Fsp3) is 0.286. The first-order valence-corrected chi connectivity index (χ1v) is 6.25. The highest BCUT2D eigenvalue weighted by atomic mass is 16.6. The van der Waals surface area contributed by atoms with Gasteiger partial charge in [0, 0.05) is 12.1 Å². The van der Waals surface area contributed by atoms with Crippen LogP contribution in [-0.4, -0.2) is 29.3 Å². The molecule has 0 N–H and O–H groups in total. The minimum absolute atomic E-state index is 0.555. The van der Waals surface area contributed by atoms with Gasteiger partial charge in [-0.25, -0.2) is 0 Å². The van der Waals surface area contributed by atoms with Gasteiger partial charge >= 0.3 is 0 Å². The molecule has 1 aromatic carbocycles. The summed E-state index contributed by atoms with van der Waals surface area (Å²) in [5, 5.41) is 4.41. The molecule has 0 aliphatic carbocycles. The second-order valence-electron chi connectivity index (χ2n) is 4.25. The highest BCUT2D eigenvalue weighted by Crippen LogP contribution is 2.34. The fourth-order valence-electron chi connectivity index (χ4n) is 2.12. The van der Waals surface area contributed by atoms with Crippen molar-refractivity contribution in [3.05, 3.63) is 30.0 Å². The Balaban J connectivity index is 2.02. The summed E-state index contributed by atoms with van der Waals surface area (Å²) >= 11 is 0. The predicted molar refractivity (Wildman–Crippen MR) is 69.7 cm³/mol. The summed E-state index contributed by atoms with van der Waals surface area (Å²) in [5.74, 6) is 1.47. The van der Waals surface area contributed by atoms with Crippen LogP contribution in [0.5, 0.6) is 11.5 Å². The Morgan fingerprint density at radius 1 is 1.26 bits per heavy atom. The molecule has 0 atom stereocenters. The van der Waals surface area contributed by atoms with Crippen molar-refractivity contribution in [3.8, 4) is 22.8 Å². The molecule has 0 unspecified atom stereocenters. The van der Waals surface area contributed by atoms with Gasteiger partial charge in [0.1, 0.15) is 18.9 Å². The highest BCUT2D eigenvalue weighted by molar-refractivity contribution is 5.76. The van der Waals surface area contributed by atoms with Gasteiger partial charge in [0.25, 0.3) is 0 Å². The van der Waals surface area contributed by atoms with Gasteiger partial charge < -0.3 is 9.47 Å². The van der Waals surface area contributed by atoms with Crippen LogP contribution in [0.1, 0.15) is 17.4 Å². The smallest absolute Gasteiger partial charge is 0.168 e. The summed E-state index contributed by atoms with van der Waals surface area (Å²) in [6.45, 7) is 3.75. The third-order valence-electron chi connectivity index (χ3n) is 3.07. The van der Waals surface area contributed by atoms with E-state index in [9.17, 15) is 4.79 Å². The zero-order valence-corrected chi connectivity index (χ0v) is 10.6. The van der Waals surface area contributed by atoms with Crippen molar-refractivity contribution >= 4 is 6.29 Å². The van der Waals surface area contributed by atoms with Crippen LogP contribution >= 0.6 is 0 Å². The fourth-order valence-corrected chi connectivity index (χ4v) is 2.12. The summed E-state index contributed by atoms with van der Waals surface area (Å²) in [6.07, 6.45) is 0.817. The van der Waals surface area contributed by atoms with Gasteiger partial charge in [-0.15, -0.1) is 0 Å². The number of benzene rings is 1. The van der Waals surface area contributed by atoms with Crippen molar-refractivity contribution in [1.82, 2.24) is 9.78 Å². The van der Waals surface area contributed by atoms with Crippen molar-refractivity contribution in [2.24, 2.45) is 0 Å². The highest BCUT2D eigenvalue weighted by Gasteiger charge is 2.14. The van der Waals surface area contributed by atoms with Crippen LogP contribution in [0.25, 0.3) is 11.3 Å². The summed E-state index contributed by atoms with van der Waals surface area (Å²) in [5.41, 5.74) is 2.26. The van der Waals surface area contributed by atoms with E-state index in [0.29, 0.717) is 25.5 Å². The Morgan fingerprint density at radius 2 is 2.05 bits per heavy atom. The molecule has 3 rings (SSSR count). The van der Waals surface area contributed by atoms with Gasteiger partial charge in [-0.3, -0.25) is 9.48 Å². The SMILES string of the molecule is CCn1nc(-c2ccc3c(c2)OCCO3)cc1C=O. The number of rotatable bonds is 3. The maximum atomic E-state index is 11.0. The lowest BCUT2D eigenvalue weighted by Crippen LogP contribution is -2.15. The lowest BCUT2D eigenvalue weighted by molar-refractivity contribution is 0.111. The number of ether oxygens (including phenoxy) is 2. The lowest BCUT2D eigenvalue weighted by Gasteiger charge is -2.18. The number of aryl methyl sites for hydroxylation is 1. The first kappa shape index (κ1) is 11.8. The van der Waals surface area contributed by atoms with E-state index in [1.54, 1.807) is 10.7 Å². The van der Waals surface area contributed by atoms with E-state index in [-0.39, 0.29) is 0 Å². The van der Waals surface area contributed by atoms with E-state index in [2.05, 4.69) is 5.10 Å². The van der Waals surface area contributed by atoms with E-state index in [1.165, 1.54) is 0 Å². The molecule has 0 radical (unpaired) electrons. The molecule has 2 heterocycles. The normalized spacial score (nSPS) is 13.3. The average molecular weight is 258 g/mol. The quantitative estimate of drug-likeness (QED) is 0.792. The van der Waals surface area contributed by atoms with Crippen molar-refractivity contribution in [1.29, 1.82) is 0 Å². The van der Waals surface area contributed by atoms with E-state index < -0.39 is 0 Å². The molecule has 19 heavy (non-hydrogen) atoms. The first-order chi connectivity index (χ1) is 9.31. The molecule has 0 amide bonds. The number of aldehydes is 1. The molecule has 0 saturated heterocycles. The largest absolute Gasteiger partial charge is 0.486 e. The molecule has 1 aliphatic rings. The van der Waals surface area contributed by atoms with E-state index in [1.807, 2.05) is 25.1 Å². The minimum Gasteiger partial charge on any atom is -0.486 e. The van der Waals surface area contributed by atoms with Gasteiger partial charge in [0.2, 0.25) is 0 Å². The third-order valence-corrected chi connectivity index (χ3v) is 3.07. The number of fused-ring (bicyclic) bond motifs is 1. The first-order valence-electron chi connectivity index (χ1n) is 6.25. The maximum Gasteiger partial charge on any atom is 0.168 e. The molecule has 1 aromatic heterocycles. The number of carbonyl (C=O) groups is 1. The second-order valence-corrected chi connectivity index (χ2v) is 4.25. The summed E-state index contributed by atoms with van der Waals surface area (Å²) in [4.78, 5) is 11.0. The standard InChI is InChI=1S/C14H14N2O3/c1-2-16-11(9-17)8-12(15-16)10-3-4-13-14(7-10)19-6-5-18-13/h3-4,7-9H,2,5-6H2,1H3. The number of hydrogen-bond donors (Lipinski definition) is 0. The molecule has 0 bridgehead atoms. The lowest BCUT2D eigenvalue weighted by atomic mass is 10.1. The molecule has 5 heteroatoms. The number of hydrogen-bond acceptors (Lipinski definition) is 4. The molecule has 0 fully saturated rings. The van der Waals surface area contributed by atoms with Gasteiger partial charge in [-0.05, 0) is 31.2 Å². The Bertz CT molecular complexity index is 619. The number of nitrogens with zero attached hydrogens (tertiary/aromatic N) is 2. The van der Waals surface area contributed by atoms with E-state index in [4.69, 9.17) is 9.47 Å². The second kappa shape index (κ2) is 4.76. The summed E-state index contributed by atoms with van der Waals surface area (Å²) in [7, 11) is 0. The van der Waals surface area contributed by atoms with Gasteiger partial charge in [-0.1, -0.05) is 0 Å². The molecule has 5 nitrogen and oxygen atoms in total. The van der Waals surface area contributed by atoms with Gasteiger partial charge in [-0.2, -0.15) is 5.10 Å². The predicted octanol–water partition coefficient (Wildman–Crippen LogP) is 2.15. The molecular weight excluding hydrogens is 244 g/mol. The van der Waals surface area contributed by atoms with Gasteiger partial charge in [0.15, 0.2) is 17.8 Å². The van der Waals surface area contributed by atoms with E-state index in [0.717, 1.165) is 29.0 Å². The molecule has 2 aromatic rings. The number of aromatic nitrogens is 2. The molecule has 1 aliphatic heterocycles. The number of carbonyl (C=O) groups excluding carboxylic acids is 1. The molecule has 0 saturated carbocycles. The topological polar surface area (TPSA) is 53.4 Å². The third kappa shape index (κ3) is 2.07. The van der Waals surface area contributed by atoms with Crippen molar-refractivity contribution < 1.29 is 14.3 Å². The van der Waals surface area contributed by atoms with Crippen LogP contribution in [-0.2, 0) is 6.54 Å². The van der Waals surface area contributed by atoms with Crippen LogP contribution in [0.15, 0.2) is 24.3 Å². The zero-order valence-electron chi connectivity index (χ0n) is 10.6. The Labute approximate surface area is 110 Å². The average Bonchev–Trinajstić information content (AvgIpc) is 2.90. The van der Waals surface area contributed by atoms with E-state index >= 15 is 0 Å². The van der Waals surface area contributed by atoms with Crippen LogP contribution in [0.3, 0.4) is 0 Å². The molecular formula is C14H14N2O3. The summed E-state index contributed by atoms with van der Waals surface area (Å²) in [6, 6.07) is 7.47.